The number of methoxy groups -OCH3 is 1. The Morgan fingerprint density at radius 1 is 1.24 bits per heavy atom. The first kappa shape index (κ1) is 25.5. The van der Waals surface area contributed by atoms with E-state index in [1.54, 1.807) is 35.5 Å². The van der Waals surface area contributed by atoms with Gasteiger partial charge >= 0.3 is 0 Å². The van der Waals surface area contributed by atoms with Gasteiger partial charge in [0, 0.05) is 43.1 Å². The smallest absolute Gasteiger partial charge is 0.242 e. The summed E-state index contributed by atoms with van der Waals surface area (Å²) in [5, 5.41) is 2.72. The van der Waals surface area contributed by atoms with Crippen molar-refractivity contribution in [2.45, 2.75) is 39.2 Å². The van der Waals surface area contributed by atoms with E-state index in [-0.39, 0.29) is 30.3 Å². The molecule has 33 heavy (non-hydrogen) atoms. The lowest BCUT2D eigenvalue weighted by Gasteiger charge is -2.37. The van der Waals surface area contributed by atoms with E-state index >= 15 is 0 Å². The van der Waals surface area contributed by atoms with Crippen molar-refractivity contribution in [1.82, 2.24) is 9.80 Å². The lowest BCUT2D eigenvalue weighted by Crippen LogP contribution is -2.48. The second kappa shape index (κ2) is 12.4. The van der Waals surface area contributed by atoms with Crippen LogP contribution in [0.25, 0.3) is 0 Å². The number of nitrogens with zero attached hydrogens (tertiary/aromatic N) is 2. The van der Waals surface area contributed by atoms with Gasteiger partial charge in [-0.1, -0.05) is 25.4 Å². The van der Waals surface area contributed by atoms with Crippen molar-refractivity contribution in [2.24, 2.45) is 5.92 Å². The molecule has 1 aliphatic rings. The summed E-state index contributed by atoms with van der Waals surface area (Å²) in [4.78, 5) is 31.1. The lowest BCUT2D eigenvalue weighted by atomic mass is 10.00. The third kappa shape index (κ3) is 7.19. The highest BCUT2D eigenvalue weighted by Crippen LogP contribution is 2.34. The Labute approximate surface area is 205 Å². The molecule has 2 heterocycles. The lowest BCUT2D eigenvalue weighted by molar-refractivity contribution is -0.143. The fourth-order valence-corrected chi connectivity index (χ4v) is 5.06. The Bertz CT molecular complexity index is 915. The van der Waals surface area contributed by atoms with E-state index in [2.05, 4.69) is 11.4 Å². The van der Waals surface area contributed by atoms with E-state index in [1.807, 2.05) is 30.9 Å². The number of carbonyl (C=O) groups is 2. The van der Waals surface area contributed by atoms with Crippen molar-refractivity contribution in [1.29, 1.82) is 0 Å². The fourth-order valence-electron chi connectivity index (χ4n) is 4.00. The minimum atomic E-state index is -0.191. The van der Waals surface area contributed by atoms with Gasteiger partial charge in [-0.15, -0.1) is 11.3 Å². The van der Waals surface area contributed by atoms with Crippen molar-refractivity contribution in [3.63, 3.8) is 0 Å². The first-order valence-electron chi connectivity index (χ1n) is 11.4. The number of carbonyl (C=O) groups excluding carboxylic acids is 2. The van der Waals surface area contributed by atoms with Gasteiger partial charge in [0.1, 0.15) is 12.4 Å². The standard InChI is InChI=1S/C25H33ClN2O4S/c1-18(2)15-24(29)27(11-4-13-31-3)16-25(30)28-12-9-23-21(10-14-33-23)22(28)17-32-20-7-5-19(26)6-8-20/h5-8,10,14,18,22H,4,9,11-13,15-17H2,1-3H3/t22-/m1/s1. The van der Waals surface area contributed by atoms with Crippen LogP contribution in [0, 0.1) is 5.92 Å². The van der Waals surface area contributed by atoms with Gasteiger partial charge in [-0.05, 0) is 60.0 Å². The largest absolute Gasteiger partial charge is 0.491 e. The highest BCUT2D eigenvalue weighted by molar-refractivity contribution is 7.10. The van der Waals surface area contributed by atoms with E-state index in [9.17, 15) is 9.59 Å². The van der Waals surface area contributed by atoms with Gasteiger partial charge < -0.3 is 19.3 Å². The van der Waals surface area contributed by atoms with Gasteiger partial charge in [0.2, 0.25) is 11.8 Å². The summed E-state index contributed by atoms with van der Waals surface area (Å²) in [6.07, 6.45) is 1.95. The van der Waals surface area contributed by atoms with Crippen molar-refractivity contribution >= 4 is 34.8 Å². The average Bonchev–Trinajstić information content (AvgIpc) is 3.26. The van der Waals surface area contributed by atoms with Crippen LogP contribution in [0.4, 0.5) is 0 Å². The molecule has 0 aliphatic carbocycles. The van der Waals surface area contributed by atoms with Gasteiger partial charge in [0.25, 0.3) is 0 Å². The number of thiophene rings is 1. The molecule has 0 radical (unpaired) electrons. The Kier molecular flexibility index (Phi) is 9.59. The van der Waals surface area contributed by atoms with Crippen LogP contribution in [-0.2, 0) is 20.7 Å². The third-order valence-electron chi connectivity index (χ3n) is 5.67. The molecular weight excluding hydrogens is 460 g/mol. The molecule has 1 aromatic heterocycles. The van der Waals surface area contributed by atoms with Crippen LogP contribution < -0.4 is 4.74 Å². The normalized spacial score (nSPS) is 15.4. The summed E-state index contributed by atoms with van der Waals surface area (Å²) < 4.78 is 11.2. The summed E-state index contributed by atoms with van der Waals surface area (Å²) in [5.41, 5.74) is 1.13. The summed E-state index contributed by atoms with van der Waals surface area (Å²) in [7, 11) is 1.64. The zero-order valence-corrected chi connectivity index (χ0v) is 21.2. The Hall–Kier alpha value is -2.09. The molecule has 1 atom stereocenters. The average molecular weight is 493 g/mol. The van der Waals surface area contributed by atoms with E-state index in [1.165, 1.54) is 4.88 Å². The van der Waals surface area contributed by atoms with E-state index in [0.717, 1.165) is 12.0 Å². The first-order chi connectivity index (χ1) is 15.9. The predicted octanol–water partition coefficient (Wildman–Crippen LogP) is 4.82. The molecule has 8 heteroatoms. The van der Waals surface area contributed by atoms with Gasteiger partial charge in [0.15, 0.2) is 0 Å². The van der Waals surface area contributed by atoms with Crippen LogP contribution >= 0.6 is 22.9 Å². The maximum Gasteiger partial charge on any atom is 0.242 e. The van der Waals surface area contributed by atoms with Gasteiger partial charge in [-0.3, -0.25) is 9.59 Å². The molecule has 2 aromatic rings. The number of fused-ring (bicyclic) bond motifs is 1. The van der Waals surface area contributed by atoms with Crippen molar-refractivity contribution < 1.29 is 19.1 Å². The molecule has 0 fully saturated rings. The van der Waals surface area contributed by atoms with E-state index in [4.69, 9.17) is 21.1 Å². The van der Waals surface area contributed by atoms with Gasteiger partial charge in [0.05, 0.1) is 12.6 Å². The molecule has 0 saturated heterocycles. The number of ether oxygens (including phenoxy) is 2. The highest BCUT2D eigenvalue weighted by Gasteiger charge is 2.33. The van der Waals surface area contributed by atoms with Crippen molar-refractivity contribution in [2.75, 3.05) is 40.0 Å². The molecule has 2 amide bonds. The van der Waals surface area contributed by atoms with E-state index < -0.39 is 0 Å². The summed E-state index contributed by atoms with van der Waals surface area (Å²) >= 11 is 7.70. The highest BCUT2D eigenvalue weighted by atomic mass is 35.5. The van der Waals surface area contributed by atoms with Crippen LogP contribution in [0.15, 0.2) is 35.7 Å². The second-order valence-electron chi connectivity index (χ2n) is 8.68. The molecular formula is C25H33ClN2O4S. The van der Waals surface area contributed by atoms with Crippen LogP contribution in [0.1, 0.15) is 43.2 Å². The van der Waals surface area contributed by atoms with Gasteiger partial charge in [-0.25, -0.2) is 0 Å². The maximum atomic E-state index is 13.5. The van der Waals surface area contributed by atoms with Crippen molar-refractivity contribution in [3.05, 3.63) is 51.2 Å². The third-order valence-corrected chi connectivity index (χ3v) is 6.92. The number of amides is 2. The van der Waals surface area contributed by atoms with Crippen LogP contribution in [-0.4, -0.2) is 61.6 Å². The Balaban J connectivity index is 1.73. The molecule has 0 N–H and O–H groups in total. The molecule has 1 aromatic carbocycles. The molecule has 3 rings (SSSR count). The molecule has 180 valence electrons. The van der Waals surface area contributed by atoms with Gasteiger partial charge in [-0.2, -0.15) is 0 Å². The Morgan fingerprint density at radius 3 is 2.70 bits per heavy atom. The quantitative estimate of drug-likeness (QED) is 0.422. The summed E-state index contributed by atoms with van der Waals surface area (Å²) in [6, 6.07) is 9.12. The molecule has 6 nitrogen and oxygen atoms in total. The second-order valence-corrected chi connectivity index (χ2v) is 10.1. The molecule has 1 aliphatic heterocycles. The first-order valence-corrected chi connectivity index (χ1v) is 12.7. The summed E-state index contributed by atoms with van der Waals surface area (Å²) in [5.74, 6) is 0.909. The number of hydrogen-bond donors (Lipinski definition) is 0. The monoisotopic (exact) mass is 492 g/mol. The minimum Gasteiger partial charge on any atom is -0.491 e. The number of benzene rings is 1. The number of halogens is 1. The van der Waals surface area contributed by atoms with Crippen LogP contribution in [0.2, 0.25) is 5.02 Å². The molecule has 0 spiro atoms. The molecule has 0 bridgehead atoms. The maximum absolute atomic E-state index is 13.5. The zero-order valence-electron chi connectivity index (χ0n) is 19.6. The molecule has 0 saturated carbocycles. The SMILES string of the molecule is COCCCN(CC(=O)N1CCc2sccc2[C@H]1COc1ccc(Cl)cc1)C(=O)CC(C)C. The summed E-state index contributed by atoms with van der Waals surface area (Å²) in [6.45, 7) is 6.13. The number of rotatable bonds is 11. The van der Waals surface area contributed by atoms with Crippen LogP contribution in [0.5, 0.6) is 5.75 Å². The zero-order chi connectivity index (χ0) is 23.8. The van der Waals surface area contributed by atoms with Crippen LogP contribution in [0.3, 0.4) is 0 Å². The molecule has 0 unspecified atom stereocenters. The Morgan fingerprint density at radius 2 is 2.00 bits per heavy atom. The van der Waals surface area contributed by atoms with E-state index in [0.29, 0.717) is 49.9 Å². The van der Waals surface area contributed by atoms with Crippen molar-refractivity contribution in [3.8, 4) is 5.75 Å². The predicted molar refractivity (Wildman–Crippen MR) is 132 cm³/mol. The minimum absolute atomic E-state index is 0.0108. The fraction of sp³-hybridized carbons (Fsp3) is 0.520. The number of hydrogen-bond acceptors (Lipinski definition) is 5. The topological polar surface area (TPSA) is 59.1 Å².